The van der Waals surface area contributed by atoms with E-state index < -0.39 is 23.9 Å². The maximum absolute atomic E-state index is 9.22. The molecule has 0 radical (unpaired) electrons. The van der Waals surface area contributed by atoms with Crippen LogP contribution in [-0.4, -0.2) is 29.8 Å². The molecule has 0 saturated heterocycles. The molecule has 12 heteroatoms. The van der Waals surface area contributed by atoms with E-state index in [0.717, 1.165) is 27.7 Å². The molecule has 0 unspecified atom stereocenters. The Hall–Kier alpha value is -1.40. The number of rotatable bonds is 0. The Morgan fingerprint density at radius 1 is 0.545 bits per heavy atom. The second-order valence-electron chi connectivity index (χ2n) is 2.58. The monoisotopic (exact) mass is 423 g/mol. The van der Waals surface area contributed by atoms with Crippen LogP contribution >= 0.6 is 0 Å². The van der Waals surface area contributed by atoms with Crippen molar-refractivity contribution in [3.05, 3.63) is 0 Å². The van der Waals surface area contributed by atoms with Crippen molar-refractivity contribution in [2.45, 2.75) is 34.6 Å². The Morgan fingerprint density at radius 2 is 0.545 bits per heavy atom. The van der Waals surface area contributed by atoms with Crippen molar-refractivity contribution in [3.8, 4) is 0 Å². The zero-order valence-electron chi connectivity index (χ0n) is 13.2. The Bertz CT molecular complexity index is 219. The summed E-state index contributed by atoms with van der Waals surface area (Å²) in [6.07, 6.45) is 0. The first kappa shape index (κ1) is 42.8. The molecule has 0 fully saturated rings. The van der Waals surface area contributed by atoms with Gasteiger partial charge in [0.2, 0.25) is 5.91 Å². The topological polar surface area (TPSA) is 204 Å². The number of carboxylic acid groups (broad SMARTS) is 4. The number of hydrogen-bond acceptors (Lipinski definition) is 9. The number of aliphatic carboxylic acids is 4. The molecule has 0 aliphatic heterocycles. The number of carbonyl (C=O) groups excluding carboxylic acids is 5. The van der Waals surface area contributed by atoms with Gasteiger partial charge in [-0.2, -0.15) is 0 Å². The SMILES string of the molecule is CC(=O)[O-].CC(=O)[O-].CC(=O)[O-].CC(=O)[O-].CC(N)=O.[Zn+2].[Zn+2]. The second-order valence-corrected chi connectivity index (χ2v) is 2.58. The van der Waals surface area contributed by atoms with E-state index in [1.165, 1.54) is 6.92 Å². The molecule has 1 amide bonds. The summed E-state index contributed by atoms with van der Waals surface area (Å²) >= 11 is 0. The predicted octanol–water partition coefficient (Wildman–Crippen LogP) is -5.49. The van der Waals surface area contributed by atoms with Crippen LogP contribution in [0.1, 0.15) is 34.6 Å². The van der Waals surface area contributed by atoms with E-state index in [9.17, 15) is 4.79 Å². The minimum absolute atomic E-state index is 0. The van der Waals surface area contributed by atoms with Gasteiger partial charge in [0.25, 0.3) is 0 Å². The fraction of sp³-hybridized carbons (Fsp3) is 0.500. The number of primary amides is 1. The van der Waals surface area contributed by atoms with Gasteiger partial charge in [-0.3, -0.25) is 4.79 Å². The quantitative estimate of drug-likeness (QED) is 0.367. The summed E-state index contributed by atoms with van der Waals surface area (Å²) in [4.78, 5) is 44.8. The zero-order valence-corrected chi connectivity index (χ0v) is 19.1. The molecular formula is C10H17NO9Zn2. The third kappa shape index (κ3) is 2920. The number of nitrogens with two attached hydrogens (primary N) is 1. The molecule has 0 aliphatic rings. The van der Waals surface area contributed by atoms with Crippen LogP contribution < -0.4 is 26.2 Å². The second kappa shape index (κ2) is 36.7. The average molecular weight is 426 g/mol. The van der Waals surface area contributed by atoms with Gasteiger partial charge in [0, 0.05) is 30.8 Å². The Kier molecular flexibility index (Phi) is 71.3. The van der Waals surface area contributed by atoms with Gasteiger partial charge in [0.1, 0.15) is 0 Å². The van der Waals surface area contributed by atoms with E-state index in [4.69, 9.17) is 39.6 Å². The van der Waals surface area contributed by atoms with Crippen molar-refractivity contribution in [1.82, 2.24) is 0 Å². The van der Waals surface area contributed by atoms with Gasteiger partial charge in [-0.05, 0) is 27.7 Å². The maximum Gasteiger partial charge on any atom is 2.00 e. The van der Waals surface area contributed by atoms with Crippen LogP contribution in [0.2, 0.25) is 0 Å². The molecule has 0 saturated carbocycles. The van der Waals surface area contributed by atoms with Crippen molar-refractivity contribution in [1.29, 1.82) is 0 Å². The van der Waals surface area contributed by atoms with Crippen LogP contribution in [0.25, 0.3) is 0 Å². The first-order valence-corrected chi connectivity index (χ1v) is 4.63. The van der Waals surface area contributed by atoms with Gasteiger partial charge in [-0.1, -0.05) is 0 Å². The molecule has 0 aliphatic carbocycles. The van der Waals surface area contributed by atoms with Crippen molar-refractivity contribution in [2.24, 2.45) is 5.73 Å². The summed E-state index contributed by atoms with van der Waals surface area (Å²) in [5.41, 5.74) is 4.47. The molecule has 0 spiro atoms. The maximum atomic E-state index is 9.22. The van der Waals surface area contributed by atoms with Gasteiger partial charge >= 0.3 is 39.0 Å². The van der Waals surface area contributed by atoms with Crippen molar-refractivity contribution in [2.75, 3.05) is 0 Å². The summed E-state index contributed by atoms with van der Waals surface area (Å²) in [5, 5.41) is 35.6. The third-order valence-corrected chi connectivity index (χ3v) is 0. The van der Waals surface area contributed by atoms with Crippen LogP contribution in [0.15, 0.2) is 0 Å². The van der Waals surface area contributed by atoms with E-state index >= 15 is 0 Å². The summed E-state index contributed by atoms with van der Waals surface area (Å²) in [7, 11) is 0. The minimum Gasteiger partial charge on any atom is -0.550 e. The molecule has 0 aromatic carbocycles. The van der Waals surface area contributed by atoms with Gasteiger partial charge in [-0.25, -0.2) is 0 Å². The summed E-state index contributed by atoms with van der Waals surface area (Å²) in [5.74, 6) is -4.67. The van der Waals surface area contributed by atoms with Crippen LogP contribution in [0.5, 0.6) is 0 Å². The van der Waals surface area contributed by atoms with Gasteiger partial charge < -0.3 is 45.3 Å². The molecule has 2 N–H and O–H groups in total. The van der Waals surface area contributed by atoms with Gasteiger partial charge in [-0.15, -0.1) is 0 Å². The standard InChI is InChI=1S/C2H5NO.4C2H4O2.2Zn/c5*1-2(3)4;;/h1H3,(H2,3,4);4*1H3,(H,3,4);;/q;;;;;2*+2/p-4. The summed E-state index contributed by atoms with van der Waals surface area (Å²) < 4.78 is 0. The molecule has 0 aromatic heterocycles. The molecule has 0 heterocycles. The third-order valence-electron chi connectivity index (χ3n) is 0. The smallest absolute Gasteiger partial charge is 0.550 e. The first-order chi connectivity index (χ1) is 8.66. The van der Waals surface area contributed by atoms with E-state index in [2.05, 4.69) is 5.73 Å². The molecular weight excluding hydrogens is 409 g/mol. The van der Waals surface area contributed by atoms with E-state index in [1.807, 2.05) is 0 Å². The average Bonchev–Trinajstić information content (AvgIpc) is 1.94. The van der Waals surface area contributed by atoms with Crippen molar-refractivity contribution >= 4 is 29.8 Å². The molecule has 120 valence electrons. The number of carbonyl (C=O) groups is 5. The molecule has 0 aromatic rings. The van der Waals surface area contributed by atoms with Crippen LogP contribution in [-0.2, 0) is 62.9 Å². The number of hydrogen-bond donors (Lipinski definition) is 1. The number of amides is 1. The normalized spacial score (nSPS) is 5.68. The van der Waals surface area contributed by atoms with Gasteiger partial charge in [0.05, 0.1) is 0 Å². The molecule has 22 heavy (non-hydrogen) atoms. The van der Waals surface area contributed by atoms with Crippen LogP contribution in [0, 0.1) is 0 Å². The first-order valence-electron chi connectivity index (χ1n) is 4.63. The largest absolute Gasteiger partial charge is 2.00 e. The Labute approximate surface area is 153 Å². The molecule has 0 bridgehead atoms. The Balaban J connectivity index is -0.0000000250. The molecule has 0 rings (SSSR count). The number of carboxylic acids is 4. The van der Waals surface area contributed by atoms with E-state index in [0.29, 0.717) is 0 Å². The van der Waals surface area contributed by atoms with Crippen LogP contribution in [0.4, 0.5) is 0 Å². The fourth-order valence-corrected chi connectivity index (χ4v) is 0. The molecule has 10 nitrogen and oxygen atoms in total. The summed E-state index contributed by atoms with van der Waals surface area (Å²) in [6.45, 7) is 5.19. The predicted molar refractivity (Wildman–Crippen MR) is 57.6 cm³/mol. The zero-order chi connectivity index (χ0) is 17.9. The molecule has 0 atom stereocenters. The van der Waals surface area contributed by atoms with E-state index in [-0.39, 0.29) is 44.9 Å². The van der Waals surface area contributed by atoms with Gasteiger partial charge in [0.15, 0.2) is 0 Å². The van der Waals surface area contributed by atoms with Crippen LogP contribution in [0.3, 0.4) is 0 Å². The van der Waals surface area contributed by atoms with E-state index in [1.54, 1.807) is 0 Å². The van der Waals surface area contributed by atoms with Crippen molar-refractivity contribution in [3.63, 3.8) is 0 Å². The minimum atomic E-state index is -1.08. The van der Waals surface area contributed by atoms with Crippen molar-refractivity contribution < 1.29 is 83.4 Å². The Morgan fingerprint density at radius 3 is 0.545 bits per heavy atom. The summed E-state index contributed by atoms with van der Waals surface area (Å²) in [6, 6.07) is 0. The fourth-order valence-electron chi connectivity index (χ4n) is 0.